The monoisotopic (exact) mass is 652 g/mol. The number of amides is 2. The number of carbonyl (C=O) groups is 2. The Kier molecular flexibility index (Phi) is 8.81. The van der Waals surface area contributed by atoms with Crippen LogP contribution in [0.5, 0.6) is 0 Å². The number of alkyl halides is 5. The normalized spacial score (nSPS) is 35.9. The lowest BCUT2D eigenvalue weighted by Crippen LogP contribution is -2.61. The van der Waals surface area contributed by atoms with Gasteiger partial charge in [0.15, 0.2) is 24.3 Å². The molecule has 5 nitrogen and oxygen atoms in total. The van der Waals surface area contributed by atoms with Gasteiger partial charge in [0, 0.05) is 29.4 Å². The molecular formula is C37H37F5N2O3. The minimum Gasteiger partial charge on any atom is -0.389 e. The molecule has 0 bridgehead atoms. The zero-order chi connectivity index (χ0) is 33.7. The van der Waals surface area contributed by atoms with Gasteiger partial charge in [-0.3, -0.25) is 4.79 Å². The van der Waals surface area contributed by atoms with E-state index in [4.69, 9.17) is 0 Å². The predicted octanol–water partition coefficient (Wildman–Crippen LogP) is 6.32. The number of fused-ring (bicyclic) bond motifs is 4. The number of hydrogen-bond acceptors (Lipinski definition) is 3. The van der Waals surface area contributed by atoms with Crippen molar-refractivity contribution in [3.63, 3.8) is 0 Å². The third kappa shape index (κ3) is 5.37. The van der Waals surface area contributed by atoms with E-state index in [1.54, 1.807) is 38.1 Å². The molecule has 0 heterocycles. The maximum Gasteiger partial charge on any atom is 0.315 e. The minimum absolute atomic E-state index is 0.0449. The highest BCUT2D eigenvalue weighted by molar-refractivity contribution is 5.98. The third-order valence-electron chi connectivity index (χ3n) is 11.0. The Morgan fingerprint density at radius 1 is 0.979 bits per heavy atom. The van der Waals surface area contributed by atoms with E-state index >= 15 is 17.6 Å². The van der Waals surface area contributed by atoms with Gasteiger partial charge in [-0.1, -0.05) is 68.2 Å². The highest BCUT2D eigenvalue weighted by Gasteiger charge is 2.70. The largest absolute Gasteiger partial charge is 0.389 e. The summed E-state index contributed by atoms with van der Waals surface area (Å²) in [7, 11) is 0. The Balaban J connectivity index is 1.31. The first-order chi connectivity index (χ1) is 22.4. The van der Waals surface area contributed by atoms with Gasteiger partial charge in [-0.2, -0.15) is 0 Å². The lowest BCUT2D eigenvalue weighted by molar-refractivity contribution is -0.143. The summed E-state index contributed by atoms with van der Waals surface area (Å²) < 4.78 is 79.7. The predicted molar refractivity (Wildman–Crippen MR) is 167 cm³/mol. The molecule has 3 N–H and O–H groups in total. The van der Waals surface area contributed by atoms with Crippen molar-refractivity contribution >= 4 is 11.8 Å². The van der Waals surface area contributed by atoms with E-state index < -0.39 is 82.6 Å². The quantitative estimate of drug-likeness (QED) is 0.262. The third-order valence-corrected chi connectivity index (χ3v) is 11.0. The lowest BCUT2D eigenvalue weighted by Gasteiger charge is -2.57. The summed E-state index contributed by atoms with van der Waals surface area (Å²) in [5.41, 5.74) is -2.38. The van der Waals surface area contributed by atoms with Crippen LogP contribution < -0.4 is 10.6 Å². The Morgan fingerprint density at radius 3 is 2.36 bits per heavy atom. The van der Waals surface area contributed by atoms with Gasteiger partial charge >= 0.3 is 6.03 Å². The van der Waals surface area contributed by atoms with E-state index in [1.807, 2.05) is 30.3 Å². The van der Waals surface area contributed by atoms with Gasteiger partial charge in [0.25, 0.3) is 0 Å². The van der Waals surface area contributed by atoms with Crippen molar-refractivity contribution in [1.82, 2.24) is 10.6 Å². The van der Waals surface area contributed by atoms with E-state index in [1.165, 1.54) is 0 Å². The van der Waals surface area contributed by atoms with Crippen molar-refractivity contribution in [3.05, 3.63) is 94.1 Å². The fraction of sp³-hybridized carbons (Fsp3) is 0.459. The Bertz CT molecular complexity index is 1670. The fourth-order valence-electron chi connectivity index (χ4n) is 8.45. The molecule has 4 aliphatic carbocycles. The molecule has 2 aromatic carbocycles. The summed E-state index contributed by atoms with van der Waals surface area (Å²) in [6.07, 6.45) is -10.5. The molecule has 2 amide bonds. The second-order valence-corrected chi connectivity index (χ2v) is 13.2. The zero-order valence-electron chi connectivity index (χ0n) is 26.1. The Hall–Kier alpha value is -3.97. The summed E-state index contributed by atoms with van der Waals surface area (Å²) in [6, 6.07) is 15.3. The molecule has 2 aromatic rings. The average molecular weight is 653 g/mol. The van der Waals surface area contributed by atoms with Crippen molar-refractivity contribution in [2.24, 2.45) is 17.3 Å². The number of aliphatic hydroxyl groups is 1. The molecule has 5 unspecified atom stereocenters. The van der Waals surface area contributed by atoms with Gasteiger partial charge in [-0.15, -0.1) is 0 Å². The van der Waals surface area contributed by atoms with Crippen LogP contribution in [-0.2, 0) is 11.3 Å². The van der Waals surface area contributed by atoms with Crippen LogP contribution in [0.15, 0.2) is 77.4 Å². The van der Waals surface area contributed by atoms with Crippen LogP contribution >= 0.6 is 0 Å². The zero-order valence-corrected chi connectivity index (χ0v) is 26.1. The van der Waals surface area contributed by atoms with Gasteiger partial charge in [0.2, 0.25) is 0 Å². The summed E-state index contributed by atoms with van der Waals surface area (Å²) in [5, 5.41) is 17.0. The van der Waals surface area contributed by atoms with E-state index in [2.05, 4.69) is 22.5 Å². The van der Waals surface area contributed by atoms with Crippen LogP contribution in [0.1, 0.15) is 55.7 Å². The Labute approximate surface area is 270 Å². The minimum atomic E-state index is -2.61. The molecule has 0 aromatic heterocycles. The SMILES string of the molecule is CC[C@]1(O)CC[C@H]2[C@H]3C(=C4C(=CC(=O)C(F)C4F)C(F)C3F)[C@@H](c3ccc(C#CCNC(=O)NCc4ccccc4)cc3)C(F)[C@@]21C. The fourth-order valence-corrected chi connectivity index (χ4v) is 8.45. The number of urea groups is 1. The number of benzene rings is 2. The summed E-state index contributed by atoms with van der Waals surface area (Å²) in [5.74, 6) is 0.933. The van der Waals surface area contributed by atoms with Gasteiger partial charge in [0.05, 0.1) is 12.1 Å². The number of allylic oxidation sites excluding steroid dienone is 4. The summed E-state index contributed by atoms with van der Waals surface area (Å²) in [4.78, 5) is 24.3. The second kappa shape index (κ2) is 12.6. The number of nitrogens with one attached hydrogen (secondary N) is 2. The molecule has 2 fully saturated rings. The molecule has 4 aliphatic rings. The van der Waals surface area contributed by atoms with Gasteiger partial charge in [-0.25, -0.2) is 26.7 Å². The van der Waals surface area contributed by atoms with Crippen LogP contribution in [0.4, 0.5) is 26.7 Å². The molecule has 47 heavy (non-hydrogen) atoms. The molecule has 2 saturated carbocycles. The first-order valence-electron chi connectivity index (χ1n) is 16.0. The topological polar surface area (TPSA) is 78.4 Å². The number of halogens is 5. The van der Waals surface area contributed by atoms with Crippen molar-refractivity contribution < 1.29 is 36.6 Å². The van der Waals surface area contributed by atoms with Crippen LogP contribution in [-0.4, -0.2) is 59.9 Å². The lowest BCUT2D eigenvalue weighted by atomic mass is 9.49. The molecule has 0 spiro atoms. The highest BCUT2D eigenvalue weighted by Crippen LogP contribution is 2.68. The maximum absolute atomic E-state index is 17.2. The smallest absolute Gasteiger partial charge is 0.315 e. The number of hydrogen-bond donors (Lipinski definition) is 3. The van der Waals surface area contributed by atoms with E-state index in [-0.39, 0.29) is 31.4 Å². The van der Waals surface area contributed by atoms with Gasteiger partial charge in [0.1, 0.15) is 12.3 Å². The number of carbonyl (C=O) groups excluding carboxylic acids is 2. The van der Waals surface area contributed by atoms with E-state index in [0.717, 1.165) is 5.56 Å². The second-order valence-electron chi connectivity index (χ2n) is 13.2. The van der Waals surface area contributed by atoms with Gasteiger partial charge in [-0.05, 0) is 71.2 Å². The summed E-state index contributed by atoms with van der Waals surface area (Å²) >= 11 is 0. The molecule has 10 atom stereocenters. The van der Waals surface area contributed by atoms with Crippen molar-refractivity contribution in [2.45, 2.75) is 82.0 Å². The Morgan fingerprint density at radius 2 is 1.68 bits per heavy atom. The molecule has 10 heteroatoms. The summed E-state index contributed by atoms with van der Waals surface area (Å²) in [6.45, 7) is 3.66. The van der Waals surface area contributed by atoms with Gasteiger partial charge < -0.3 is 15.7 Å². The van der Waals surface area contributed by atoms with Crippen LogP contribution in [0.25, 0.3) is 0 Å². The van der Waals surface area contributed by atoms with Crippen molar-refractivity contribution in [3.8, 4) is 11.8 Å². The molecule has 6 rings (SSSR count). The highest BCUT2D eigenvalue weighted by atomic mass is 19.2. The average Bonchev–Trinajstić information content (AvgIpc) is 3.35. The van der Waals surface area contributed by atoms with Crippen molar-refractivity contribution in [1.29, 1.82) is 0 Å². The molecule has 0 aliphatic heterocycles. The van der Waals surface area contributed by atoms with Crippen molar-refractivity contribution in [2.75, 3.05) is 6.54 Å². The molecule has 0 saturated heterocycles. The number of rotatable bonds is 5. The number of ketones is 1. The molecule has 248 valence electrons. The first-order valence-corrected chi connectivity index (χ1v) is 16.0. The molecule has 0 radical (unpaired) electrons. The van der Waals surface area contributed by atoms with Crippen LogP contribution in [0, 0.1) is 29.1 Å². The van der Waals surface area contributed by atoms with E-state index in [0.29, 0.717) is 23.7 Å². The van der Waals surface area contributed by atoms with Crippen LogP contribution in [0.2, 0.25) is 0 Å². The van der Waals surface area contributed by atoms with Crippen LogP contribution in [0.3, 0.4) is 0 Å². The standard InChI is InChI=1S/C37H37F5N2O3/c1-3-37(47)16-15-24-28-29(27-23(30(38)33(28)41)18-25(45)31(39)32(27)40)26(34(42)36(24,37)2)22-13-11-20(12-14-22)10-7-17-43-35(46)44-19-21-8-5-4-6-9-21/h4-6,8-9,11-14,18,24,26,28,30-34,47H,3,15-17,19H2,1-2H3,(H2,43,44,46)/t24-,26+,28-,30?,31?,32?,33?,34?,36+,37-/m0/s1. The maximum atomic E-state index is 17.2. The molecular weight excluding hydrogens is 615 g/mol. The first kappa shape index (κ1) is 33.0. The van der Waals surface area contributed by atoms with E-state index in [9.17, 15) is 19.1 Å².